The maximum absolute atomic E-state index is 5.90. The van der Waals surface area contributed by atoms with Crippen molar-refractivity contribution in [2.45, 2.75) is 25.9 Å². The molecule has 1 aliphatic heterocycles. The first kappa shape index (κ1) is 13.1. The lowest BCUT2D eigenvalue weighted by Crippen LogP contribution is -2.34. The molecule has 0 unspecified atom stereocenters. The number of nitrogens with one attached hydrogen (secondary N) is 1. The first-order valence-corrected chi connectivity index (χ1v) is 6.93. The molecule has 6 heteroatoms. The highest BCUT2D eigenvalue weighted by molar-refractivity contribution is 5.58. The van der Waals surface area contributed by atoms with E-state index in [9.17, 15) is 0 Å². The van der Waals surface area contributed by atoms with Crippen molar-refractivity contribution in [3.8, 4) is 17.4 Å². The third-order valence-corrected chi connectivity index (χ3v) is 3.57. The minimum absolute atomic E-state index is 0.207. The van der Waals surface area contributed by atoms with Gasteiger partial charge in [0.15, 0.2) is 0 Å². The van der Waals surface area contributed by atoms with Crippen LogP contribution in [0.3, 0.4) is 0 Å². The molecule has 1 fully saturated rings. The number of hydrogen-bond donors (Lipinski definition) is 1. The van der Waals surface area contributed by atoms with Crippen LogP contribution in [-0.4, -0.2) is 38.9 Å². The topological polar surface area (TPSA) is 64.9 Å². The van der Waals surface area contributed by atoms with Gasteiger partial charge >= 0.3 is 6.01 Å². The number of hydrogen-bond acceptors (Lipinski definition) is 5. The van der Waals surface area contributed by atoms with Crippen molar-refractivity contribution >= 4 is 0 Å². The maximum Gasteiger partial charge on any atom is 0.317 e. The summed E-state index contributed by atoms with van der Waals surface area (Å²) in [4.78, 5) is 8.84. The van der Waals surface area contributed by atoms with Crippen LogP contribution in [-0.2, 0) is 7.05 Å². The van der Waals surface area contributed by atoms with Gasteiger partial charge in [-0.25, -0.2) is 4.98 Å². The lowest BCUT2D eigenvalue weighted by Gasteiger charge is -2.22. The highest BCUT2D eigenvalue weighted by Crippen LogP contribution is 2.22. The van der Waals surface area contributed by atoms with Crippen LogP contribution < -0.4 is 10.1 Å². The van der Waals surface area contributed by atoms with Crippen LogP contribution in [0.25, 0.3) is 11.4 Å². The predicted molar refractivity (Wildman–Crippen MR) is 75.5 cm³/mol. The average molecular weight is 273 g/mol. The summed E-state index contributed by atoms with van der Waals surface area (Å²) in [6.45, 7) is 3.98. The standard InChI is InChI=1S/C14H19N5O/c1-10-9-16-14(20-11-3-6-15-7-4-11)18-13(10)12-5-8-17-19(12)2/h5,8-9,11,15H,3-4,6-7H2,1-2H3. The molecule has 20 heavy (non-hydrogen) atoms. The summed E-state index contributed by atoms with van der Waals surface area (Å²) in [6.07, 6.45) is 5.78. The van der Waals surface area contributed by atoms with Crippen LogP contribution in [0.5, 0.6) is 6.01 Å². The summed E-state index contributed by atoms with van der Waals surface area (Å²) in [6, 6.07) is 2.41. The van der Waals surface area contributed by atoms with Gasteiger partial charge in [0.25, 0.3) is 0 Å². The van der Waals surface area contributed by atoms with Gasteiger partial charge in [0.05, 0.1) is 11.4 Å². The first-order chi connectivity index (χ1) is 9.74. The number of aryl methyl sites for hydroxylation is 2. The van der Waals surface area contributed by atoms with Gasteiger partial charge in [-0.2, -0.15) is 10.1 Å². The number of ether oxygens (including phenoxy) is 1. The molecule has 0 radical (unpaired) electrons. The third-order valence-electron chi connectivity index (χ3n) is 3.57. The molecule has 6 nitrogen and oxygen atoms in total. The predicted octanol–water partition coefficient (Wildman–Crippen LogP) is 1.32. The van der Waals surface area contributed by atoms with E-state index < -0.39 is 0 Å². The van der Waals surface area contributed by atoms with Crippen molar-refractivity contribution in [1.29, 1.82) is 0 Å². The van der Waals surface area contributed by atoms with Crippen molar-refractivity contribution in [2.75, 3.05) is 13.1 Å². The number of nitrogens with zero attached hydrogens (tertiary/aromatic N) is 4. The van der Waals surface area contributed by atoms with E-state index in [-0.39, 0.29) is 6.10 Å². The van der Waals surface area contributed by atoms with Gasteiger partial charge in [0, 0.05) is 19.4 Å². The zero-order valence-electron chi connectivity index (χ0n) is 11.8. The zero-order chi connectivity index (χ0) is 13.9. The highest BCUT2D eigenvalue weighted by atomic mass is 16.5. The second-order valence-corrected chi connectivity index (χ2v) is 5.09. The normalized spacial score (nSPS) is 16.3. The van der Waals surface area contributed by atoms with Gasteiger partial charge in [-0.15, -0.1) is 0 Å². The largest absolute Gasteiger partial charge is 0.460 e. The Kier molecular flexibility index (Phi) is 3.64. The molecular weight excluding hydrogens is 254 g/mol. The van der Waals surface area contributed by atoms with E-state index in [1.807, 2.05) is 30.9 Å². The molecule has 0 aromatic carbocycles. The molecule has 3 heterocycles. The van der Waals surface area contributed by atoms with Crippen molar-refractivity contribution in [2.24, 2.45) is 7.05 Å². The number of aromatic nitrogens is 4. The van der Waals surface area contributed by atoms with E-state index in [0.717, 1.165) is 42.9 Å². The summed E-state index contributed by atoms with van der Waals surface area (Å²) >= 11 is 0. The molecule has 0 aliphatic carbocycles. The lowest BCUT2D eigenvalue weighted by molar-refractivity contribution is 0.149. The van der Waals surface area contributed by atoms with Crippen LogP contribution in [0, 0.1) is 6.92 Å². The molecule has 106 valence electrons. The van der Waals surface area contributed by atoms with E-state index in [1.54, 1.807) is 6.20 Å². The quantitative estimate of drug-likeness (QED) is 0.913. The molecule has 1 N–H and O–H groups in total. The van der Waals surface area contributed by atoms with Crippen LogP contribution in [0.15, 0.2) is 18.5 Å². The first-order valence-electron chi connectivity index (χ1n) is 6.93. The lowest BCUT2D eigenvalue weighted by atomic mass is 10.1. The molecular formula is C14H19N5O. The average Bonchev–Trinajstić information content (AvgIpc) is 2.88. The van der Waals surface area contributed by atoms with Crippen molar-refractivity contribution in [3.63, 3.8) is 0 Å². The minimum atomic E-state index is 0.207. The van der Waals surface area contributed by atoms with Gasteiger partial charge in [0.2, 0.25) is 0 Å². The zero-order valence-corrected chi connectivity index (χ0v) is 11.8. The molecule has 0 saturated carbocycles. The SMILES string of the molecule is Cc1cnc(OC2CCNCC2)nc1-c1ccnn1C. The van der Waals surface area contributed by atoms with Crippen LogP contribution in [0.2, 0.25) is 0 Å². The van der Waals surface area contributed by atoms with Gasteiger partial charge in [-0.3, -0.25) is 4.68 Å². The van der Waals surface area contributed by atoms with E-state index in [2.05, 4.69) is 20.4 Å². The van der Waals surface area contributed by atoms with E-state index in [1.165, 1.54) is 0 Å². The van der Waals surface area contributed by atoms with Gasteiger partial charge in [-0.05, 0) is 44.5 Å². The number of piperidine rings is 1. The molecule has 1 saturated heterocycles. The van der Waals surface area contributed by atoms with E-state index >= 15 is 0 Å². The van der Waals surface area contributed by atoms with E-state index in [0.29, 0.717) is 6.01 Å². The Morgan fingerprint density at radius 2 is 2.15 bits per heavy atom. The van der Waals surface area contributed by atoms with Crippen LogP contribution >= 0.6 is 0 Å². The third kappa shape index (κ3) is 2.65. The smallest absolute Gasteiger partial charge is 0.317 e. The van der Waals surface area contributed by atoms with Crippen LogP contribution in [0.1, 0.15) is 18.4 Å². The van der Waals surface area contributed by atoms with Crippen molar-refractivity contribution < 1.29 is 4.74 Å². The summed E-state index contributed by atoms with van der Waals surface area (Å²) in [5.41, 5.74) is 2.87. The molecule has 0 bridgehead atoms. The Morgan fingerprint density at radius 1 is 1.35 bits per heavy atom. The molecule has 3 rings (SSSR count). The molecule has 0 spiro atoms. The van der Waals surface area contributed by atoms with E-state index in [4.69, 9.17) is 4.74 Å². The Labute approximate surface area is 118 Å². The van der Waals surface area contributed by atoms with Gasteiger partial charge in [-0.1, -0.05) is 0 Å². The molecule has 2 aromatic rings. The Hall–Kier alpha value is -1.95. The van der Waals surface area contributed by atoms with Crippen molar-refractivity contribution in [1.82, 2.24) is 25.1 Å². The summed E-state index contributed by atoms with van der Waals surface area (Å²) in [5, 5.41) is 7.51. The highest BCUT2D eigenvalue weighted by Gasteiger charge is 2.17. The second kappa shape index (κ2) is 5.58. The Morgan fingerprint density at radius 3 is 2.85 bits per heavy atom. The molecule has 2 aromatic heterocycles. The molecule has 1 aliphatic rings. The van der Waals surface area contributed by atoms with Crippen LogP contribution in [0.4, 0.5) is 0 Å². The van der Waals surface area contributed by atoms with Crippen molar-refractivity contribution in [3.05, 3.63) is 24.0 Å². The van der Waals surface area contributed by atoms with Gasteiger partial charge < -0.3 is 10.1 Å². The fourth-order valence-corrected chi connectivity index (χ4v) is 2.41. The number of rotatable bonds is 3. The fourth-order valence-electron chi connectivity index (χ4n) is 2.41. The van der Waals surface area contributed by atoms with Gasteiger partial charge in [0.1, 0.15) is 6.10 Å². The minimum Gasteiger partial charge on any atom is -0.460 e. The fraction of sp³-hybridized carbons (Fsp3) is 0.500. The monoisotopic (exact) mass is 273 g/mol. The maximum atomic E-state index is 5.90. The molecule has 0 amide bonds. The second-order valence-electron chi connectivity index (χ2n) is 5.09. The summed E-state index contributed by atoms with van der Waals surface area (Å²) in [7, 11) is 1.91. The molecule has 0 atom stereocenters. The summed E-state index contributed by atoms with van der Waals surface area (Å²) < 4.78 is 7.71. The Bertz CT molecular complexity index is 589. The summed E-state index contributed by atoms with van der Waals surface area (Å²) in [5.74, 6) is 0. The Balaban J connectivity index is 1.85.